The molecule has 0 radical (unpaired) electrons. The Balaban J connectivity index is 1.74. The normalized spacial score (nSPS) is 10.2. The molecule has 0 aliphatic heterocycles. The maximum Gasteiger partial charge on any atom is 0.344 e. The van der Waals surface area contributed by atoms with Crippen molar-refractivity contribution < 1.29 is 23.5 Å². The number of nitrogens with zero attached hydrogens (tertiary/aromatic N) is 1. The lowest BCUT2D eigenvalue weighted by Crippen LogP contribution is -2.31. The summed E-state index contributed by atoms with van der Waals surface area (Å²) >= 11 is 5.74. The van der Waals surface area contributed by atoms with Gasteiger partial charge < -0.3 is 14.4 Å². The molecule has 2 aromatic carbocycles. The van der Waals surface area contributed by atoms with Gasteiger partial charge in [0, 0.05) is 24.2 Å². The third-order valence-electron chi connectivity index (χ3n) is 3.32. The van der Waals surface area contributed by atoms with E-state index in [1.807, 2.05) is 0 Å². The molecule has 0 bridgehead atoms. The molecule has 1 amide bonds. The Kier molecular flexibility index (Phi) is 6.77. The average Bonchev–Trinajstić information content (AvgIpc) is 2.61. The highest BCUT2D eigenvalue weighted by molar-refractivity contribution is 6.30. The molecule has 0 spiro atoms. The zero-order chi connectivity index (χ0) is 18.2. The lowest BCUT2D eigenvalue weighted by Gasteiger charge is -2.17. The highest BCUT2D eigenvalue weighted by Gasteiger charge is 2.14. The zero-order valence-corrected chi connectivity index (χ0v) is 14.3. The Hall–Kier alpha value is -2.60. The number of likely N-dealkylation sites (N-methyl/N-ethyl adjacent to an activating group) is 1. The van der Waals surface area contributed by atoms with Gasteiger partial charge in [0.25, 0.3) is 5.91 Å². The van der Waals surface area contributed by atoms with E-state index in [4.69, 9.17) is 21.1 Å². The van der Waals surface area contributed by atoms with Crippen LogP contribution in [0.15, 0.2) is 48.5 Å². The summed E-state index contributed by atoms with van der Waals surface area (Å²) in [5.41, 5.74) is 0.385. The quantitative estimate of drug-likeness (QED) is 0.708. The number of rotatable bonds is 7. The van der Waals surface area contributed by atoms with Gasteiger partial charge in [0.05, 0.1) is 0 Å². The Labute approximate surface area is 149 Å². The number of hydrogen-bond acceptors (Lipinski definition) is 4. The average molecular weight is 366 g/mol. The predicted molar refractivity (Wildman–Crippen MR) is 90.8 cm³/mol. The Morgan fingerprint density at radius 1 is 1.08 bits per heavy atom. The minimum absolute atomic E-state index is 0.0876. The first-order valence-electron chi connectivity index (χ1n) is 7.47. The van der Waals surface area contributed by atoms with Crippen LogP contribution in [-0.2, 0) is 20.9 Å². The van der Waals surface area contributed by atoms with Crippen molar-refractivity contribution >= 4 is 23.5 Å². The molecule has 25 heavy (non-hydrogen) atoms. The summed E-state index contributed by atoms with van der Waals surface area (Å²) < 4.78 is 23.6. The fourth-order valence-electron chi connectivity index (χ4n) is 1.94. The third-order valence-corrected chi connectivity index (χ3v) is 3.57. The molecule has 2 rings (SSSR count). The Morgan fingerprint density at radius 3 is 2.44 bits per heavy atom. The zero-order valence-electron chi connectivity index (χ0n) is 13.6. The molecule has 5 nitrogen and oxygen atoms in total. The highest BCUT2D eigenvalue weighted by atomic mass is 35.5. The molecule has 0 fully saturated rings. The van der Waals surface area contributed by atoms with Gasteiger partial charge in [-0.1, -0.05) is 29.8 Å². The maximum absolute atomic E-state index is 13.6. The van der Waals surface area contributed by atoms with Gasteiger partial charge in [-0.15, -0.1) is 0 Å². The van der Waals surface area contributed by atoms with Gasteiger partial charge in [0.15, 0.2) is 13.2 Å². The number of carbonyl (C=O) groups excluding carboxylic acids is 2. The first-order valence-corrected chi connectivity index (χ1v) is 7.85. The molecule has 0 saturated carbocycles. The second kappa shape index (κ2) is 9.03. The third kappa shape index (κ3) is 6.08. The monoisotopic (exact) mass is 365 g/mol. The van der Waals surface area contributed by atoms with E-state index in [9.17, 15) is 14.0 Å². The molecular formula is C18H17ClFNO4. The summed E-state index contributed by atoms with van der Waals surface area (Å²) in [4.78, 5) is 24.8. The lowest BCUT2D eigenvalue weighted by molar-refractivity contribution is -0.153. The van der Waals surface area contributed by atoms with Crippen molar-refractivity contribution in [2.24, 2.45) is 0 Å². The fraction of sp³-hybridized carbons (Fsp3) is 0.222. The van der Waals surface area contributed by atoms with Crippen molar-refractivity contribution in [2.45, 2.75) is 6.54 Å². The smallest absolute Gasteiger partial charge is 0.344 e. The van der Waals surface area contributed by atoms with Crippen molar-refractivity contribution in [2.75, 3.05) is 20.3 Å². The summed E-state index contributed by atoms with van der Waals surface area (Å²) in [6.45, 7) is -0.677. The van der Waals surface area contributed by atoms with Gasteiger partial charge in [-0.05, 0) is 30.3 Å². The maximum atomic E-state index is 13.6. The molecule has 0 aromatic heterocycles. The molecule has 0 atom stereocenters. The minimum atomic E-state index is -0.678. The number of carbonyl (C=O) groups is 2. The molecular weight excluding hydrogens is 349 g/mol. The van der Waals surface area contributed by atoms with Crippen molar-refractivity contribution in [1.29, 1.82) is 0 Å². The number of amides is 1. The van der Waals surface area contributed by atoms with Gasteiger partial charge in [-0.3, -0.25) is 4.79 Å². The van der Waals surface area contributed by atoms with Gasteiger partial charge in [-0.2, -0.15) is 0 Å². The van der Waals surface area contributed by atoms with Crippen LogP contribution >= 0.6 is 11.6 Å². The van der Waals surface area contributed by atoms with Crippen LogP contribution in [-0.4, -0.2) is 37.0 Å². The standard InChI is InChI=1S/C18H17ClFNO4/c1-21(10-13-4-2-3-5-16(13)20)17(22)11-25-18(23)12-24-15-8-6-14(19)7-9-15/h2-9H,10-12H2,1H3. The fourth-order valence-corrected chi connectivity index (χ4v) is 2.06. The number of benzene rings is 2. The SMILES string of the molecule is CN(Cc1ccccc1F)C(=O)COC(=O)COc1ccc(Cl)cc1. The van der Waals surface area contributed by atoms with Gasteiger partial charge in [-0.25, -0.2) is 9.18 Å². The van der Waals surface area contributed by atoms with E-state index in [1.165, 1.54) is 18.0 Å². The number of ether oxygens (including phenoxy) is 2. The van der Waals surface area contributed by atoms with E-state index in [-0.39, 0.29) is 13.2 Å². The second-order valence-electron chi connectivity index (χ2n) is 5.24. The van der Waals surface area contributed by atoms with Crippen LogP contribution in [0.2, 0.25) is 5.02 Å². The summed E-state index contributed by atoms with van der Waals surface area (Å²) in [5, 5.41) is 0.554. The van der Waals surface area contributed by atoms with Crippen LogP contribution in [0, 0.1) is 5.82 Å². The van der Waals surface area contributed by atoms with E-state index in [2.05, 4.69) is 0 Å². The molecule has 2 aromatic rings. The highest BCUT2D eigenvalue weighted by Crippen LogP contribution is 2.15. The second-order valence-corrected chi connectivity index (χ2v) is 5.68. The van der Waals surface area contributed by atoms with E-state index in [1.54, 1.807) is 42.5 Å². The Bertz CT molecular complexity index is 736. The van der Waals surface area contributed by atoms with Crippen LogP contribution in [0.1, 0.15) is 5.56 Å². The van der Waals surface area contributed by atoms with Gasteiger partial charge >= 0.3 is 5.97 Å². The van der Waals surface area contributed by atoms with Crippen molar-refractivity contribution in [3.05, 3.63) is 64.9 Å². The molecule has 0 heterocycles. The summed E-state index contributed by atoms with van der Waals surface area (Å²) in [6.07, 6.45) is 0. The predicted octanol–water partition coefficient (Wildman–Crippen LogP) is 3.06. The number of halogens is 2. The molecule has 132 valence electrons. The number of esters is 1. The molecule has 0 aliphatic rings. The summed E-state index contributed by atoms with van der Waals surface area (Å²) in [6, 6.07) is 12.7. The van der Waals surface area contributed by atoms with E-state index in [0.717, 1.165) is 0 Å². The van der Waals surface area contributed by atoms with E-state index < -0.39 is 24.3 Å². The van der Waals surface area contributed by atoms with Gasteiger partial charge in [0.2, 0.25) is 0 Å². The van der Waals surface area contributed by atoms with Crippen LogP contribution in [0.25, 0.3) is 0 Å². The van der Waals surface area contributed by atoms with Crippen LogP contribution in [0.5, 0.6) is 5.75 Å². The van der Waals surface area contributed by atoms with Crippen LogP contribution < -0.4 is 4.74 Å². The first-order chi connectivity index (χ1) is 12.0. The summed E-state index contributed by atoms with van der Waals surface area (Å²) in [7, 11) is 1.51. The van der Waals surface area contributed by atoms with Crippen molar-refractivity contribution in [1.82, 2.24) is 4.90 Å². The van der Waals surface area contributed by atoms with E-state index >= 15 is 0 Å². The molecule has 0 unspecified atom stereocenters. The van der Waals surface area contributed by atoms with Crippen LogP contribution in [0.4, 0.5) is 4.39 Å². The molecule has 7 heteroatoms. The topological polar surface area (TPSA) is 55.8 Å². The van der Waals surface area contributed by atoms with Crippen LogP contribution in [0.3, 0.4) is 0 Å². The van der Waals surface area contributed by atoms with Crippen molar-refractivity contribution in [3.63, 3.8) is 0 Å². The van der Waals surface area contributed by atoms with Crippen molar-refractivity contribution in [3.8, 4) is 5.75 Å². The summed E-state index contributed by atoms with van der Waals surface area (Å²) in [5.74, 6) is -1.05. The molecule has 0 N–H and O–H groups in total. The molecule has 0 aliphatic carbocycles. The largest absolute Gasteiger partial charge is 0.482 e. The molecule has 0 saturated heterocycles. The minimum Gasteiger partial charge on any atom is -0.482 e. The Morgan fingerprint density at radius 2 is 1.76 bits per heavy atom. The first kappa shape index (κ1) is 18.7. The lowest BCUT2D eigenvalue weighted by atomic mass is 10.2. The van der Waals surface area contributed by atoms with E-state index in [0.29, 0.717) is 16.3 Å². The van der Waals surface area contributed by atoms with Gasteiger partial charge in [0.1, 0.15) is 11.6 Å². The number of hydrogen-bond donors (Lipinski definition) is 0.